The van der Waals surface area contributed by atoms with Crippen LogP contribution in [0.2, 0.25) is 0 Å². The number of nitrogens with zero attached hydrogens (tertiary/aromatic N) is 1. The molecule has 168 valence electrons. The van der Waals surface area contributed by atoms with E-state index in [9.17, 15) is 8.60 Å². The zero-order chi connectivity index (χ0) is 21.4. The molecular formula is C23H36FN3O2S. The summed E-state index contributed by atoms with van der Waals surface area (Å²) >= 11 is 0. The summed E-state index contributed by atoms with van der Waals surface area (Å²) in [6.07, 6.45) is 5.81. The van der Waals surface area contributed by atoms with Gasteiger partial charge in [0.05, 0.1) is 6.54 Å². The molecule has 3 rings (SSSR count). The van der Waals surface area contributed by atoms with Crippen LogP contribution >= 0.6 is 0 Å². The normalized spacial score (nSPS) is 25.5. The molecule has 7 heteroatoms. The molecule has 1 saturated carbocycles. The van der Waals surface area contributed by atoms with Crippen LogP contribution in [0.25, 0.3) is 0 Å². The molecule has 3 atom stereocenters. The maximum absolute atomic E-state index is 13.9. The van der Waals surface area contributed by atoms with Crippen molar-refractivity contribution in [1.29, 1.82) is 0 Å². The van der Waals surface area contributed by atoms with E-state index in [0.717, 1.165) is 62.3 Å². The van der Waals surface area contributed by atoms with Gasteiger partial charge in [-0.25, -0.2) is 4.39 Å². The minimum absolute atomic E-state index is 0.204. The highest BCUT2D eigenvalue weighted by atomic mass is 32.2. The Labute approximate surface area is 182 Å². The van der Waals surface area contributed by atoms with Gasteiger partial charge in [-0.05, 0) is 56.7 Å². The Kier molecular flexibility index (Phi) is 8.69. The van der Waals surface area contributed by atoms with Gasteiger partial charge in [-0.1, -0.05) is 25.5 Å². The summed E-state index contributed by atoms with van der Waals surface area (Å²) < 4.78 is 31.8. The number of ether oxygens (including phenoxy) is 1. The highest BCUT2D eigenvalue weighted by Crippen LogP contribution is 2.35. The first-order valence-electron chi connectivity index (χ1n) is 11.3. The molecule has 0 radical (unpaired) electrons. The van der Waals surface area contributed by atoms with E-state index in [-0.39, 0.29) is 22.5 Å². The predicted octanol–water partition coefficient (Wildman–Crippen LogP) is 3.51. The molecule has 0 bridgehead atoms. The zero-order valence-corrected chi connectivity index (χ0v) is 19.1. The Morgan fingerprint density at radius 2 is 2.10 bits per heavy atom. The van der Waals surface area contributed by atoms with E-state index >= 15 is 0 Å². The van der Waals surface area contributed by atoms with Crippen molar-refractivity contribution >= 4 is 16.8 Å². The SMILES string of the molecule is CCNC(=NCC1(c2cccc(F)c2)CCOCC1)NC1CCCC(S(=O)CC)C1. The monoisotopic (exact) mass is 437 g/mol. The Morgan fingerprint density at radius 1 is 1.30 bits per heavy atom. The Bertz CT molecular complexity index is 737. The molecule has 0 aromatic heterocycles. The third-order valence-electron chi connectivity index (χ3n) is 6.39. The third-order valence-corrected chi connectivity index (χ3v) is 8.13. The molecule has 1 aliphatic carbocycles. The molecule has 1 aliphatic heterocycles. The summed E-state index contributed by atoms with van der Waals surface area (Å²) in [5.41, 5.74) is 0.795. The average Bonchev–Trinajstić information content (AvgIpc) is 2.78. The van der Waals surface area contributed by atoms with Crippen LogP contribution in [0.5, 0.6) is 0 Å². The standard InChI is InChI=1S/C23H36FN3O2S/c1-3-25-22(27-20-9-6-10-21(16-20)30(28)4-2)26-17-23(11-13-29-14-12-23)18-7-5-8-19(24)15-18/h5,7-8,15,20-21H,3-4,6,9-14,16-17H2,1-2H3,(H2,25,26,27). The number of hydrogen-bond donors (Lipinski definition) is 2. The van der Waals surface area contributed by atoms with E-state index in [2.05, 4.69) is 17.6 Å². The number of rotatable bonds is 7. The highest BCUT2D eigenvalue weighted by molar-refractivity contribution is 7.85. The molecule has 30 heavy (non-hydrogen) atoms. The first-order valence-corrected chi connectivity index (χ1v) is 12.7. The van der Waals surface area contributed by atoms with E-state index in [1.807, 2.05) is 13.0 Å². The molecule has 0 spiro atoms. The van der Waals surface area contributed by atoms with Crippen molar-refractivity contribution in [3.63, 3.8) is 0 Å². The van der Waals surface area contributed by atoms with Crippen LogP contribution in [0.4, 0.5) is 4.39 Å². The number of nitrogens with one attached hydrogen (secondary N) is 2. The highest BCUT2D eigenvalue weighted by Gasteiger charge is 2.35. The van der Waals surface area contributed by atoms with Gasteiger partial charge >= 0.3 is 0 Å². The summed E-state index contributed by atoms with van der Waals surface area (Å²) in [5, 5.41) is 7.23. The molecule has 1 heterocycles. The summed E-state index contributed by atoms with van der Waals surface area (Å²) in [4.78, 5) is 4.94. The minimum Gasteiger partial charge on any atom is -0.381 e. The molecule has 3 unspecified atom stereocenters. The van der Waals surface area contributed by atoms with Crippen molar-refractivity contribution in [1.82, 2.24) is 10.6 Å². The van der Waals surface area contributed by atoms with Crippen LogP contribution in [0.3, 0.4) is 0 Å². The molecule has 1 aromatic carbocycles. The molecule has 1 aromatic rings. The second-order valence-electron chi connectivity index (χ2n) is 8.40. The van der Waals surface area contributed by atoms with Crippen LogP contribution in [-0.2, 0) is 21.0 Å². The van der Waals surface area contributed by atoms with Gasteiger partial charge in [-0.3, -0.25) is 9.20 Å². The fourth-order valence-corrected chi connectivity index (χ4v) is 5.96. The third kappa shape index (κ3) is 6.03. The van der Waals surface area contributed by atoms with Gasteiger partial charge in [-0.15, -0.1) is 0 Å². The summed E-state index contributed by atoms with van der Waals surface area (Å²) in [6, 6.07) is 7.22. The van der Waals surface area contributed by atoms with Crippen molar-refractivity contribution in [3.8, 4) is 0 Å². The molecule has 2 fully saturated rings. The maximum atomic E-state index is 13.9. The zero-order valence-electron chi connectivity index (χ0n) is 18.3. The molecule has 2 aliphatic rings. The van der Waals surface area contributed by atoms with E-state index in [1.165, 1.54) is 6.07 Å². The lowest BCUT2D eigenvalue weighted by molar-refractivity contribution is 0.0530. The van der Waals surface area contributed by atoms with Gasteiger partial charge in [0, 0.05) is 53.0 Å². The number of hydrogen-bond acceptors (Lipinski definition) is 3. The van der Waals surface area contributed by atoms with Crippen molar-refractivity contribution in [2.75, 3.05) is 32.1 Å². The lowest BCUT2D eigenvalue weighted by Gasteiger charge is -2.37. The molecule has 2 N–H and O–H groups in total. The number of guanidine groups is 1. The fourth-order valence-electron chi connectivity index (χ4n) is 4.61. The molecule has 0 amide bonds. The van der Waals surface area contributed by atoms with E-state index in [1.54, 1.807) is 12.1 Å². The average molecular weight is 438 g/mol. The maximum Gasteiger partial charge on any atom is 0.191 e. The number of halogens is 1. The minimum atomic E-state index is -0.744. The van der Waals surface area contributed by atoms with Gasteiger partial charge in [0.25, 0.3) is 0 Å². The summed E-state index contributed by atoms with van der Waals surface area (Å²) in [6.45, 7) is 6.76. The van der Waals surface area contributed by atoms with Crippen molar-refractivity contribution in [2.45, 2.75) is 69.1 Å². The van der Waals surface area contributed by atoms with E-state index < -0.39 is 10.8 Å². The smallest absolute Gasteiger partial charge is 0.191 e. The number of aliphatic imine (C=N–C) groups is 1. The van der Waals surface area contributed by atoms with Crippen molar-refractivity contribution in [2.24, 2.45) is 4.99 Å². The second-order valence-corrected chi connectivity index (χ2v) is 10.4. The van der Waals surface area contributed by atoms with Crippen molar-refractivity contribution in [3.05, 3.63) is 35.6 Å². The largest absolute Gasteiger partial charge is 0.381 e. The van der Waals surface area contributed by atoms with E-state index in [4.69, 9.17) is 9.73 Å². The topological polar surface area (TPSA) is 62.7 Å². The Balaban J connectivity index is 1.74. The molecule has 5 nitrogen and oxygen atoms in total. The van der Waals surface area contributed by atoms with Gasteiger partial charge in [0.2, 0.25) is 0 Å². The second kappa shape index (κ2) is 11.2. The fraction of sp³-hybridized carbons (Fsp3) is 0.696. The van der Waals surface area contributed by atoms with Crippen LogP contribution in [0.15, 0.2) is 29.3 Å². The van der Waals surface area contributed by atoms with Gasteiger partial charge in [-0.2, -0.15) is 0 Å². The summed E-state index contributed by atoms with van der Waals surface area (Å²) in [7, 11) is -0.744. The number of benzene rings is 1. The van der Waals surface area contributed by atoms with Crippen LogP contribution in [0.1, 0.15) is 57.9 Å². The predicted molar refractivity (Wildman–Crippen MR) is 122 cm³/mol. The van der Waals surface area contributed by atoms with Crippen LogP contribution in [0, 0.1) is 5.82 Å². The van der Waals surface area contributed by atoms with E-state index in [0.29, 0.717) is 19.8 Å². The first-order chi connectivity index (χ1) is 14.6. The summed E-state index contributed by atoms with van der Waals surface area (Å²) in [5.74, 6) is 1.32. The first kappa shape index (κ1) is 23.2. The lowest BCUT2D eigenvalue weighted by atomic mass is 9.74. The quantitative estimate of drug-likeness (QED) is 0.506. The van der Waals surface area contributed by atoms with Gasteiger partial charge < -0.3 is 15.4 Å². The van der Waals surface area contributed by atoms with Gasteiger partial charge in [0.15, 0.2) is 5.96 Å². The lowest BCUT2D eigenvalue weighted by Crippen LogP contribution is -2.47. The van der Waals surface area contributed by atoms with Gasteiger partial charge in [0.1, 0.15) is 5.82 Å². The Hall–Kier alpha value is -1.47. The van der Waals surface area contributed by atoms with Crippen LogP contribution in [-0.4, -0.2) is 53.5 Å². The molecule has 1 saturated heterocycles. The van der Waals surface area contributed by atoms with Crippen LogP contribution < -0.4 is 10.6 Å². The Morgan fingerprint density at radius 3 is 2.80 bits per heavy atom. The van der Waals surface area contributed by atoms with Crippen molar-refractivity contribution < 1.29 is 13.3 Å². The molecular weight excluding hydrogens is 401 g/mol.